The Balaban J connectivity index is 2.18. The summed E-state index contributed by atoms with van der Waals surface area (Å²) in [6, 6.07) is 9.48. The van der Waals surface area contributed by atoms with Gasteiger partial charge < -0.3 is 11.1 Å². The lowest BCUT2D eigenvalue weighted by Gasteiger charge is -2.21. The van der Waals surface area contributed by atoms with E-state index in [9.17, 15) is 4.79 Å². The second-order valence-corrected chi connectivity index (χ2v) is 6.26. The highest BCUT2D eigenvalue weighted by atomic mass is 32.1. The molecule has 0 aliphatic rings. The largest absolute Gasteiger partial charge is 0.399 e. The van der Waals surface area contributed by atoms with Gasteiger partial charge in [0.15, 0.2) is 0 Å². The molecule has 0 radical (unpaired) electrons. The predicted octanol–water partition coefficient (Wildman–Crippen LogP) is 3.77. The van der Waals surface area contributed by atoms with Crippen molar-refractivity contribution in [2.24, 2.45) is 5.92 Å². The number of nitrogen functional groups attached to an aromatic ring is 1. The zero-order valence-corrected chi connectivity index (χ0v) is 12.8. The van der Waals surface area contributed by atoms with Gasteiger partial charge in [0, 0.05) is 16.1 Å². The Morgan fingerprint density at radius 1 is 1.30 bits per heavy atom. The van der Waals surface area contributed by atoms with Gasteiger partial charge in [0.2, 0.25) is 0 Å². The zero-order chi connectivity index (χ0) is 14.7. The first-order chi connectivity index (χ1) is 9.49. The van der Waals surface area contributed by atoms with Crippen molar-refractivity contribution in [3.63, 3.8) is 0 Å². The third kappa shape index (κ3) is 3.20. The van der Waals surface area contributed by atoms with Gasteiger partial charge in [-0.15, -0.1) is 11.3 Å². The Kier molecular flexibility index (Phi) is 4.45. The van der Waals surface area contributed by atoms with E-state index in [0.717, 1.165) is 5.56 Å². The lowest BCUT2D eigenvalue weighted by molar-refractivity contribution is 0.0926. The van der Waals surface area contributed by atoms with E-state index in [1.165, 1.54) is 4.88 Å². The van der Waals surface area contributed by atoms with Gasteiger partial charge in [0.05, 0.1) is 6.04 Å². The van der Waals surface area contributed by atoms with E-state index in [0.29, 0.717) is 17.2 Å². The van der Waals surface area contributed by atoms with Crippen molar-refractivity contribution in [1.82, 2.24) is 5.32 Å². The number of thiophene rings is 1. The van der Waals surface area contributed by atoms with E-state index in [1.54, 1.807) is 23.5 Å². The van der Waals surface area contributed by atoms with Gasteiger partial charge >= 0.3 is 0 Å². The number of benzene rings is 1. The maximum atomic E-state index is 12.4. The fourth-order valence-corrected chi connectivity index (χ4v) is 3.03. The van der Waals surface area contributed by atoms with Crippen LogP contribution in [0.5, 0.6) is 0 Å². The molecule has 1 amide bonds. The first kappa shape index (κ1) is 14.6. The van der Waals surface area contributed by atoms with Crippen LogP contribution in [0.15, 0.2) is 35.7 Å². The van der Waals surface area contributed by atoms with Gasteiger partial charge in [0.25, 0.3) is 5.91 Å². The molecule has 0 aliphatic heterocycles. The number of hydrogen-bond acceptors (Lipinski definition) is 3. The standard InChI is InChI=1S/C16H20N2OS/c1-10(2)15(14-5-4-8-20-14)18-16(19)12-6-7-13(17)11(3)9-12/h4-10,15H,17H2,1-3H3,(H,18,19). The number of carbonyl (C=O) groups excluding carboxylic acids is 1. The average molecular weight is 288 g/mol. The molecule has 0 spiro atoms. The molecule has 3 N–H and O–H groups in total. The van der Waals surface area contributed by atoms with E-state index >= 15 is 0 Å². The van der Waals surface area contributed by atoms with Crippen molar-refractivity contribution in [3.05, 3.63) is 51.7 Å². The summed E-state index contributed by atoms with van der Waals surface area (Å²) in [7, 11) is 0. The third-order valence-electron chi connectivity index (χ3n) is 3.33. The van der Waals surface area contributed by atoms with E-state index < -0.39 is 0 Å². The Bertz CT molecular complexity index is 591. The highest BCUT2D eigenvalue weighted by molar-refractivity contribution is 7.10. The van der Waals surface area contributed by atoms with Crippen LogP contribution in [0.25, 0.3) is 0 Å². The van der Waals surface area contributed by atoms with Crippen molar-refractivity contribution in [3.8, 4) is 0 Å². The molecule has 1 atom stereocenters. The van der Waals surface area contributed by atoms with Crippen LogP contribution < -0.4 is 11.1 Å². The molecule has 0 saturated heterocycles. The van der Waals surface area contributed by atoms with Gasteiger partial charge in [-0.05, 0) is 48.1 Å². The van der Waals surface area contributed by atoms with Crippen LogP contribution in [0, 0.1) is 12.8 Å². The quantitative estimate of drug-likeness (QED) is 0.841. The molecule has 20 heavy (non-hydrogen) atoms. The molecule has 0 saturated carbocycles. The second-order valence-electron chi connectivity index (χ2n) is 5.28. The summed E-state index contributed by atoms with van der Waals surface area (Å²) >= 11 is 1.67. The number of nitrogens with one attached hydrogen (secondary N) is 1. The Morgan fingerprint density at radius 2 is 2.05 bits per heavy atom. The van der Waals surface area contributed by atoms with Gasteiger partial charge in [0.1, 0.15) is 0 Å². The molecule has 4 heteroatoms. The van der Waals surface area contributed by atoms with Crippen LogP contribution in [-0.2, 0) is 0 Å². The molecule has 0 aliphatic carbocycles. The molecule has 1 unspecified atom stereocenters. The summed E-state index contributed by atoms with van der Waals surface area (Å²) in [5.41, 5.74) is 8.07. The molecule has 106 valence electrons. The van der Waals surface area contributed by atoms with Crippen LogP contribution in [0.2, 0.25) is 0 Å². The van der Waals surface area contributed by atoms with Gasteiger partial charge in [-0.1, -0.05) is 19.9 Å². The third-order valence-corrected chi connectivity index (χ3v) is 4.29. The zero-order valence-electron chi connectivity index (χ0n) is 12.0. The van der Waals surface area contributed by atoms with Crippen LogP contribution >= 0.6 is 11.3 Å². The monoisotopic (exact) mass is 288 g/mol. The van der Waals surface area contributed by atoms with E-state index in [1.807, 2.05) is 24.4 Å². The molecule has 2 rings (SSSR count). The van der Waals surface area contributed by atoms with E-state index in [4.69, 9.17) is 5.73 Å². The fraction of sp³-hybridized carbons (Fsp3) is 0.312. The first-order valence-electron chi connectivity index (χ1n) is 6.69. The van der Waals surface area contributed by atoms with Crippen molar-refractivity contribution in [1.29, 1.82) is 0 Å². The van der Waals surface area contributed by atoms with Crippen LogP contribution in [0.4, 0.5) is 5.69 Å². The Hall–Kier alpha value is -1.81. The van der Waals surface area contributed by atoms with Gasteiger partial charge in [-0.2, -0.15) is 0 Å². The number of nitrogens with two attached hydrogens (primary N) is 1. The number of hydrogen-bond donors (Lipinski definition) is 2. The topological polar surface area (TPSA) is 55.1 Å². The van der Waals surface area contributed by atoms with Crippen molar-refractivity contribution in [2.75, 3.05) is 5.73 Å². The number of amides is 1. The number of rotatable bonds is 4. The number of carbonyl (C=O) groups is 1. The maximum Gasteiger partial charge on any atom is 0.251 e. The highest BCUT2D eigenvalue weighted by Gasteiger charge is 2.20. The number of aryl methyl sites for hydroxylation is 1. The lowest BCUT2D eigenvalue weighted by atomic mass is 10.0. The summed E-state index contributed by atoms with van der Waals surface area (Å²) in [4.78, 5) is 13.6. The van der Waals surface area contributed by atoms with Crippen molar-refractivity contribution in [2.45, 2.75) is 26.8 Å². The second kappa shape index (κ2) is 6.09. The molecular formula is C16H20N2OS. The summed E-state index contributed by atoms with van der Waals surface area (Å²) < 4.78 is 0. The predicted molar refractivity (Wildman–Crippen MR) is 85.0 cm³/mol. The highest BCUT2D eigenvalue weighted by Crippen LogP contribution is 2.26. The minimum absolute atomic E-state index is 0.0420. The van der Waals surface area contributed by atoms with Crippen LogP contribution in [0.3, 0.4) is 0 Å². The smallest absolute Gasteiger partial charge is 0.251 e. The maximum absolute atomic E-state index is 12.4. The van der Waals surface area contributed by atoms with Crippen LogP contribution in [-0.4, -0.2) is 5.91 Å². The van der Waals surface area contributed by atoms with Crippen LogP contribution in [0.1, 0.15) is 40.7 Å². The summed E-state index contributed by atoms with van der Waals surface area (Å²) in [5, 5.41) is 5.14. The minimum atomic E-state index is -0.0554. The van der Waals surface area contributed by atoms with E-state index in [-0.39, 0.29) is 11.9 Å². The molecule has 1 heterocycles. The summed E-state index contributed by atoms with van der Waals surface area (Å²) in [6.45, 7) is 6.13. The summed E-state index contributed by atoms with van der Waals surface area (Å²) in [5.74, 6) is 0.285. The molecular weight excluding hydrogens is 268 g/mol. The molecule has 0 fully saturated rings. The van der Waals surface area contributed by atoms with Crippen molar-refractivity contribution >= 4 is 22.9 Å². The van der Waals surface area contributed by atoms with E-state index in [2.05, 4.69) is 25.2 Å². The van der Waals surface area contributed by atoms with Gasteiger partial charge in [-0.25, -0.2) is 0 Å². The Morgan fingerprint density at radius 3 is 2.60 bits per heavy atom. The lowest BCUT2D eigenvalue weighted by Crippen LogP contribution is -2.31. The molecule has 2 aromatic rings. The normalized spacial score (nSPS) is 12.4. The van der Waals surface area contributed by atoms with Gasteiger partial charge in [-0.3, -0.25) is 4.79 Å². The fourth-order valence-electron chi connectivity index (χ4n) is 2.08. The molecule has 0 bridgehead atoms. The first-order valence-corrected chi connectivity index (χ1v) is 7.57. The molecule has 3 nitrogen and oxygen atoms in total. The van der Waals surface area contributed by atoms with Crippen molar-refractivity contribution < 1.29 is 4.79 Å². The average Bonchev–Trinajstić information content (AvgIpc) is 2.92. The minimum Gasteiger partial charge on any atom is -0.399 e. The molecule has 1 aromatic heterocycles. The summed E-state index contributed by atoms with van der Waals surface area (Å²) in [6.07, 6.45) is 0. The molecule has 1 aromatic carbocycles. The number of anilines is 1. The Labute approximate surface area is 123 Å². The SMILES string of the molecule is Cc1cc(C(=O)NC(c2cccs2)C(C)C)ccc1N.